The smallest absolute Gasteiger partial charge is 0.344 e. The summed E-state index contributed by atoms with van der Waals surface area (Å²) in [7, 11) is 0. The Balaban J connectivity index is 1.86. The number of benzene rings is 2. The van der Waals surface area contributed by atoms with Gasteiger partial charge in [0.2, 0.25) is 5.88 Å². The third-order valence-corrected chi connectivity index (χ3v) is 5.88. The van der Waals surface area contributed by atoms with Crippen molar-refractivity contribution in [2.24, 2.45) is 5.73 Å². The maximum atomic E-state index is 12.8. The molecule has 130 valence electrons. The largest absolute Gasteiger partial charge is 0.439 e. The van der Waals surface area contributed by atoms with Crippen LogP contribution in [-0.2, 0) is 0 Å². The number of fused-ring (bicyclic) bond motifs is 4. The topological polar surface area (TPSA) is 89.3 Å². The van der Waals surface area contributed by atoms with Crippen LogP contribution >= 0.6 is 11.3 Å². The van der Waals surface area contributed by atoms with Gasteiger partial charge < -0.3 is 14.9 Å². The van der Waals surface area contributed by atoms with Gasteiger partial charge in [0, 0.05) is 9.58 Å². The molecule has 0 radical (unpaired) electrons. The van der Waals surface area contributed by atoms with Crippen LogP contribution in [0.2, 0.25) is 0 Å². The third kappa shape index (κ3) is 2.26. The standard InChI is InChI=1S/C21H12N2O3S/c22-10-13-17(16-9-11-5-1-4-8-15(11)27-16)18-19(26-20(13)23)12-6-2-3-7-14(12)25-21(18)24/h1-9,17H,23H2. The molecule has 2 aromatic carbocycles. The molecule has 0 fully saturated rings. The second kappa shape index (κ2) is 5.73. The minimum Gasteiger partial charge on any atom is -0.439 e. The van der Waals surface area contributed by atoms with Crippen LogP contribution in [0.3, 0.4) is 0 Å². The highest BCUT2D eigenvalue weighted by Gasteiger charge is 2.36. The van der Waals surface area contributed by atoms with E-state index in [1.54, 1.807) is 12.1 Å². The summed E-state index contributed by atoms with van der Waals surface area (Å²) in [6, 6.07) is 19.1. The predicted octanol–water partition coefficient (Wildman–Crippen LogP) is 4.23. The molecular formula is C21H12N2O3S. The molecule has 1 atom stereocenters. The van der Waals surface area contributed by atoms with Crippen LogP contribution in [0.4, 0.5) is 0 Å². The first kappa shape index (κ1) is 15.7. The fourth-order valence-electron chi connectivity index (χ4n) is 3.50. The van der Waals surface area contributed by atoms with Crippen LogP contribution in [-0.4, -0.2) is 0 Å². The Labute approximate surface area is 157 Å². The van der Waals surface area contributed by atoms with Crippen molar-refractivity contribution in [2.45, 2.75) is 5.92 Å². The van der Waals surface area contributed by atoms with Crippen LogP contribution in [0.1, 0.15) is 16.4 Å². The summed E-state index contributed by atoms with van der Waals surface area (Å²) in [6.45, 7) is 0. The molecule has 3 heterocycles. The molecule has 5 nitrogen and oxygen atoms in total. The summed E-state index contributed by atoms with van der Waals surface area (Å²) >= 11 is 1.53. The summed E-state index contributed by atoms with van der Waals surface area (Å²) in [6.07, 6.45) is 0. The molecule has 2 N–H and O–H groups in total. The fraction of sp³-hybridized carbons (Fsp3) is 0.0476. The monoisotopic (exact) mass is 372 g/mol. The quantitative estimate of drug-likeness (QED) is 0.505. The summed E-state index contributed by atoms with van der Waals surface area (Å²) < 4.78 is 12.3. The fourth-order valence-corrected chi connectivity index (χ4v) is 4.68. The number of hydrogen-bond donors (Lipinski definition) is 1. The molecule has 2 aromatic heterocycles. The number of nitrogens with two attached hydrogens (primary N) is 1. The molecule has 0 bridgehead atoms. The lowest BCUT2D eigenvalue weighted by Gasteiger charge is -2.24. The van der Waals surface area contributed by atoms with Gasteiger partial charge in [-0.05, 0) is 29.7 Å². The first-order chi connectivity index (χ1) is 13.2. The number of ether oxygens (including phenoxy) is 1. The molecule has 0 saturated carbocycles. The van der Waals surface area contributed by atoms with Crippen molar-refractivity contribution in [2.75, 3.05) is 0 Å². The minimum absolute atomic E-state index is 0.0169. The molecule has 0 spiro atoms. The summed E-state index contributed by atoms with van der Waals surface area (Å²) in [4.78, 5) is 13.7. The lowest BCUT2D eigenvalue weighted by atomic mass is 9.88. The molecule has 0 aliphatic carbocycles. The average Bonchev–Trinajstić information content (AvgIpc) is 3.11. The first-order valence-electron chi connectivity index (χ1n) is 8.29. The van der Waals surface area contributed by atoms with Gasteiger partial charge in [-0.2, -0.15) is 5.26 Å². The van der Waals surface area contributed by atoms with E-state index >= 15 is 0 Å². The van der Waals surface area contributed by atoms with Crippen LogP contribution in [0.5, 0.6) is 5.75 Å². The molecule has 4 aromatic rings. The van der Waals surface area contributed by atoms with Gasteiger partial charge in [-0.3, -0.25) is 0 Å². The van der Waals surface area contributed by atoms with E-state index in [0.29, 0.717) is 22.3 Å². The second-order valence-electron chi connectivity index (χ2n) is 6.24. The number of nitrogens with zero attached hydrogens (tertiary/aromatic N) is 1. The molecule has 6 heteroatoms. The van der Waals surface area contributed by atoms with Crippen LogP contribution in [0.25, 0.3) is 21.1 Å². The molecule has 1 unspecified atom stereocenters. The van der Waals surface area contributed by atoms with E-state index in [1.807, 2.05) is 42.5 Å². The van der Waals surface area contributed by atoms with Crippen molar-refractivity contribution in [3.05, 3.63) is 86.9 Å². The molecule has 27 heavy (non-hydrogen) atoms. The van der Waals surface area contributed by atoms with Gasteiger partial charge >= 0.3 is 5.63 Å². The minimum atomic E-state index is -0.614. The van der Waals surface area contributed by atoms with Crippen LogP contribution in [0, 0.1) is 11.3 Å². The zero-order valence-corrected chi connectivity index (χ0v) is 14.7. The second-order valence-corrected chi connectivity index (χ2v) is 7.36. The summed E-state index contributed by atoms with van der Waals surface area (Å²) in [5, 5.41) is 11.4. The predicted molar refractivity (Wildman–Crippen MR) is 104 cm³/mol. The number of thiophene rings is 1. The molecule has 5 rings (SSSR count). The number of nitriles is 1. The Hall–Kier alpha value is -3.56. The lowest BCUT2D eigenvalue weighted by molar-refractivity contribution is 0.388. The van der Waals surface area contributed by atoms with E-state index in [-0.39, 0.29) is 11.5 Å². The summed E-state index contributed by atoms with van der Waals surface area (Å²) in [5.41, 5.74) is 6.50. The molecule has 1 aliphatic rings. The maximum Gasteiger partial charge on any atom is 0.344 e. The Morgan fingerprint density at radius 2 is 1.89 bits per heavy atom. The van der Waals surface area contributed by atoms with Gasteiger partial charge in [0.05, 0.1) is 16.9 Å². The van der Waals surface area contributed by atoms with Gasteiger partial charge in [-0.1, -0.05) is 30.3 Å². The van der Waals surface area contributed by atoms with E-state index in [4.69, 9.17) is 14.9 Å². The van der Waals surface area contributed by atoms with Gasteiger partial charge in [-0.15, -0.1) is 11.3 Å². The van der Waals surface area contributed by atoms with Crippen molar-refractivity contribution in [1.29, 1.82) is 5.26 Å². The van der Waals surface area contributed by atoms with Crippen molar-refractivity contribution in [1.82, 2.24) is 0 Å². The Morgan fingerprint density at radius 3 is 2.70 bits per heavy atom. The van der Waals surface area contributed by atoms with E-state index < -0.39 is 11.5 Å². The first-order valence-corrected chi connectivity index (χ1v) is 9.11. The maximum absolute atomic E-state index is 12.8. The SMILES string of the molecule is N#CC1=C(N)Oc2c(c(=O)oc3ccccc23)C1c1cc2ccccc2s1. The van der Waals surface area contributed by atoms with Gasteiger partial charge in [0.15, 0.2) is 5.75 Å². The van der Waals surface area contributed by atoms with Crippen molar-refractivity contribution < 1.29 is 9.15 Å². The number of allylic oxidation sites excluding steroid dienone is 1. The van der Waals surface area contributed by atoms with Gasteiger partial charge in [0.25, 0.3) is 0 Å². The molecular weight excluding hydrogens is 360 g/mol. The zero-order valence-electron chi connectivity index (χ0n) is 13.9. The van der Waals surface area contributed by atoms with E-state index in [9.17, 15) is 10.1 Å². The van der Waals surface area contributed by atoms with Crippen molar-refractivity contribution in [3.63, 3.8) is 0 Å². The molecule has 0 amide bonds. The normalized spacial score (nSPS) is 16.2. The highest BCUT2D eigenvalue weighted by molar-refractivity contribution is 7.19. The number of rotatable bonds is 1. The van der Waals surface area contributed by atoms with Crippen LogP contribution < -0.4 is 16.1 Å². The Bertz CT molecular complexity index is 1320. The highest BCUT2D eigenvalue weighted by Crippen LogP contribution is 2.46. The lowest BCUT2D eigenvalue weighted by Crippen LogP contribution is -2.25. The zero-order chi connectivity index (χ0) is 18.5. The van der Waals surface area contributed by atoms with Crippen molar-refractivity contribution >= 4 is 32.4 Å². The molecule has 0 saturated heterocycles. The van der Waals surface area contributed by atoms with Crippen molar-refractivity contribution in [3.8, 4) is 11.8 Å². The van der Waals surface area contributed by atoms with Gasteiger partial charge in [0.1, 0.15) is 17.2 Å². The number of para-hydroxylation sites is 1. The Kier molecular flexibility index (Phi) is 3.33. The van der Waals surface area contributed by atoms with E-state index in [1.165, 1.54) is 11.3 Å². The highest BCUT2D eigenvalue weighted by atomic mass is 32.1. The van der Waals surface area contributed by atoms with E-state index in [2.05, 4.69) is 6.07 Å². The number of hydrogen-bond acceptors (Lipinski definition) is 6. The molecule has 1 aliphatic heterocycles. The van der Waals surface area contributed by atoms with Crippen LogP contribution in [0.15, 0.2) is 75.3 Å². The average molecular weight is 372 g/mol. The van der Waals surface area contributed by atoms with Gasteiger partial charge in [-0.25, -0.2) is 4.79 Å². The van der Waals surface area contributed by atoms with E-state index in [0.717, 1.165) is 15.0 Å². The third-order valence-electron chi connectivity index (χ3n) is 4.70. The summed E-state index contributed by atoms with van der Waals surface area (Å²) in [5.74, 6) is -0.235. The Morgan fingerprint density at radius 1 is 1.11 bits per heavy atom.